The van der Waals surface area contributed by atoms with Crippen LogP contribution in [-0.2, 0) is 6.54 Å². The van der Waals surface area contributed by atoms with Gasteiger partial charge in [0.25, 0.3) is 0 Å². The normalized spacial score (nSPS) is 19.5. The molecule has 0 amide bonds. The first kappa shape index (κ1) is 18.3. The van der Waals surface area contributed by atoms with Gasteiger partial charge < -0.3 is 16.4 Å². The maximum Gasteiger partial charge on any atom is 0.227 e. The number of Topliss-reactive ketones (excluding diaryl/α,β-unsaturated/α-hetero) is 1. The van der Waals surface area contributed by atoms with Gasteiger partial charge in [-0.3, -0.25) is 4.79 Å². The van der Waals surface area contributed by atoms with E-state index in [-0.39, 0.29) is 17.9 Å². The van der Waals surface area contributed by atoms with Crippen LogP contribution < -0.4 is 16.4 Å². The molecule has 0 spiro atoms. The van der Waals surface area contributed by atoms with Crippen LogP contribution in [0.3, 0.4) is 0 Å². The molecule has 0 aliphatic heterocycles. The lowest BCUT2D eigenvalue weighted by molar-refractivity contribution is 0.101. The number of aromatic nitrogens is 5. The summed E-state index contributed by atoms with van der Waals surface area (Å²) in [6, 6.07) is 7.74. The van der Waals surface area contributed by atoms with Gasteiger partial charge in [-0.2, -0.15) is 20.3 Å². The average molecular weight is 380 g/mol. The molecular formula is C19H24N8O. The Labute approximate surface area is 162 Å². The van der Waals surface area contributed by atoms with Crippen LogP contribution >= 0.6 is 0 Å². The molecule has 2 aromatic heterocycles. The van der Waals surface area contributed by atoms with Crippen molar-refractivity contribution in [1.82, 2.24) is 25.4 Å². The van der Waals surface area contributed by atoms with Gasteiger partial charge in [0.1, 0.15) is 0 Å². The quantitative estimate of drug-likeness (QED) is 0.478. The van der Waals surface area contributed by atoms with Crippen LogP contribution in [-0.4, -0.2) is 43.2 Å². The van der Waals surface area contributed by atoms with Crippen LogP contribution in [0, 0.1) is 0 Å². The summed E-state index contributed by atoms with van der Waals surface area (Å²) in [4.78, 5) is 20.9. The van der Waals surface area contributed by atoms with Crippen LogP contribution in [0.5, 0.6) is 0 Å². The van der Waals surface area contributed by atoms with E-state index in [2.05, 4.69) is 36.0 Å². The number of anilines is 2. The van der Waals surface area contributed by atoms with Crippen LogP contribution in [0.4, 0.5) is 11.8 Å². The predicted octanol–water partition coefficient (Wildman–Crippen LogP) is 2.24. The zero-order valence-electron chi connectivity index (χ0n) is 15.8. The first-order valence-electron chi connectivity index (χ1n) is 9.55. The highest BCUT2D eigenvalue weighted by Crippen LogP contribution is 2.23. The van der Waals surface area contributed by atoms with E-state index < -0.39 is 0 Å². The minimum atomic E-state index is 0.0281. The van der Waals surface area contributed by atoms with Crippen molar-refractivity contribution in [2.24, 2.45) is 5.73 Å². The number of nitrogens with one attached hydrogen (secondary N) is 3. The van der Waals surface area contributed by atoms with E-state index in [1.165, 1.54) is 0 Å². The number of carbonyl (C=O) groups is 1. The van der Waals surface area contributed by atoms with Gasteiger partial charge in [0, 0.05) is 24.2 Å². The van der Waals surface area contributed by atoms with Crippen LogP contribution in [0.1, 0.15) is 48.5 Å². The zero-order chi connectivity index (χ0) is 19.5. The van der Waals surface area contributed by atoms with Crippen LogP contribution in [0.25, 0.3) is 11.2 Å². The maximum atomic E-state index is 11.9. The molecule has 28 heavy (non-hydrogen) atoms. The number of aromatic amines is 1. The summed E-state index contributed by atoms with van der Waals surface area (Å²) in [6.45, 7) is 2.01. The van der Waals surface area contributed by atoms with Gasteiger partial charge in [-0.15, -0.1) is 5.10 Å². The summed E-state index contributed by atoms with van der Waals surface area (Å²) in [5.74, 6) is 1.07. The molecular weight excluding hydrogens is 356 g/mol. The SMILES string of the molecule is CC(=O)c1ccccc1CNc1nc(NC2CCCCC2N)nc2n[nH]nc12. The Kier molecular flexibility index (Phi) is 5.16. The van der Waals surface area contributed by atoms with Crippen LogP contribution in [0.2, 0.25) is 0 Å². The summed E-state index contributed by atoms with van der Waals surface area (Å²) in [7, 11) is 0. The van der Waals surface area contributed by atoms with E-state index in [4.69, 9.17) is 5.73 Å². The highest BCUT2D eigenvalue weighted by atomic mass is 16.1. The Balaban J connectivity index is 1.58. The second-order valence-corrected chi connectivity index (χ2v) is 7.16. The number of benzene rings is 1. The number of nitrogens with zero attached hydrogens (tertiary/aromatic N) is 4. The van der Waals surface area contributed by atoms with E-state index >= 15 is 0 Å². The molecule has 0 saturated heterocycles. The Hall–Kier alpha value is -3.07. The monoisotopic (exact) mass is 380 g/mol. The fourth-order valence-electron chi connectivity index (χ4n) is 3.64. The summed E-state index contributed by atoms with van der Waals surface area (Å²) < 4.78 is 0. The third kappa shape index (κ3) is 3.79. The second kappa shape index (κ2) is 7.89. The van der Waals surface area contributed by atoms with Crippen molar-refractivity contribution in [3.63, 3.8) is 0 Å². The van der Waals surface area contributed by atoms with Gasteiger partial charge in [0.05, 0.1) is 0 Å². The zero-order valence-corrected chi connectivity index (χ0v) is 15.8. The number of fused-ring (bicyclic) bond motifs is 1. The van der Waals surface area contributed by atoms with Gasteiger partial charge in [0.15, 0.2) is 17.1 Å². The summed E-state index contributed by atoms with van der Waals surface area (Å²) in [5, 5.41) is 17.5. The smallest absolute Gasteiger partial charge is 0.227 e. The topological polar surface area (TPSA) is 134 Å². The third-order valence-electron chi connectivity index (χ3n) is 5.16. The van der Waals surface area contributed by atoms with Crippen molar-refractivity contribution >= 4 is 28.7 Å². The van der Waals surface area contributed by atoms with E-state index in [0.29, 0.717) is 35.0 Å². The van der Waals surface area contributed by atoms with E-state index in [9.17, 15) is 4.79 Å². The van der Waals surface area contributed by atoms with E-state index in [1.54, 1.807) is 6.92 Å². The molecule has 2 atom stereocenters. The number of hydrogen-bond acceptors (Lipinski definition) is 8. The van der Waals surface area contributed by atoms with Crippen molar-refractivity contribution in [1.29, 1.82) is 0 Å². The van der Waals surface area contributed by atoms with E-state index in [1.807, 2.05) is 24.3 Å². The molecule has 3 aromatic rings. The number of H-pyrrole nitrogens is 1. The lowest BCUT2D eigenvalue weighted by atomic mass is 9.91. The predicted molar refractivity (Wildman–Crippen MR) is 107 cm³/mol. The molecule has 0 radical (unpaired) electrons. The summed E-state index contributed by atoms with van der Waals surface area (Å²) in [6.07, 6.45) is 4.29. The number of carbonyl (C=O) groups excluding carboxylic acids is 1. The average Bonchev–Trinajstić information content (AvgIpc) is 3.17. The lowest BCUT2D eigenvalue weighted by Crippen LogP contribution is -2.43. The Morgan fingerprint density at radius 3 is 2.86 bits per heavy atom. The highest BCUT2D eigenvalue weighted by Gasteiger charge is 2.23. The minimum Gasteiger partial charge on any atom is -0.364 e. The Morgan fingerprint density at radius 2 is 2.04 bits per heavy atom. The number of ketones is 1. The van der Waals surface area contributed by atoms with Crippen molar-refractivity contribution in [3.05, 3.63) is 35.4 Å². The van der Waals surface area contributed by atoms with Crippen molar-refractivity contribution in [2.45, 2.75) is 51.2 Å². The highest BCUT2D eigenvalue weighted by molar-refractivity contribution is 5.95. The molecule has 4 rings (SSSR count). The van der Waals surface area contributed by atoms with Gasteiger partial charge in [0.2, 0.25) is 11.6 Å². The molecule has 9 heteroatoms. The molecule has 9 nitrogen and oxygen atoms in total. The molecule has 0 bridgehead atoms. The lowest BCUT2D eigenvalue weighted by Gasteiger charge is -2.29. The molecule has 2 unspecified atom stereocenters. The molecule has 1 fully saturated rings. The van der Waals surface area contributed by atoms with Crippen LogP contribution in [0.15, 0.2) is 24.3 Å². The molecule has 1 aliphatic carbocycles. The molecule has 1 aliphatic rings. The number of rotatable bonds is 6. The van der Waals surface area contributed by atoms with Crippen molar-refractivity contribution in [2.75, 3.05) is 10.6 Å². The van der Waals surface area contributed by atoms with Gasteiger partial charge in [-0.05, 0) is 25.3 Å². The maximum absolute atomic E-state index is 11.9. The first-order valence-corrected chi connectivity index (χ1v) is 9.55. The van der Waals surface area contributed by atoms with Crippen molar-refractivity contribution < 1.29 is 4.79 Å². The largest absolute Gasteiger partial charge is 0.364 e. The summed E-state index contributed by atoms with van der Waals surface area (Å²) in [5.41, 5.74) is 8.85. The second-order valence-electron chi connectivity index (χ2n) is 7.16. The molecule has 1 aromatic carbocycles. The third-order valence-corrected chi connectivity index (χ3v) is 5.16. The minimum absolute atomic E-state index is 0.0281. The molecule has 146 valence electrons. The van der Waals surface area contributed by atoms with E-state index in [0.717, 1.165) is 31.2 Å². The Morgan fingerprint density at radius 1 is 1.21 bits per heavy atom. The molecule has 2 heterocycles. The summed E-state index contributed by atoms with van der Waals surface area (Å²) >= 11 is 0. The standard InChI is InChI=1S/C19H24N8O/c1-11(28)13-7-3-2-6-12(13)10-21-17-16-18(26-27-25-16)24-19(23-17)22-15-9-5-4-8-14(15)20/h2-3,6-7,14-15H,4-5,8-10,20H2,1H3,(H3,21,22,23,24,25,26,27). The molecule has 1 saturated carbocycles. The van der Waals surface area contributed by atoms with Gasteiger partial charge in [-0.1, -0.05) is 37.1 Å². The number of hydrogen-bond donors (Lipinski definition) is 4. The number of nitrogens with two attached hydrogens (primary N) is 1. The Bertz CT molecular complexity index is 985. The van der Waals surface area contributed by atoms with Gasteiger partial charge >= 0.3 is 0 Å². The molecule has 5 N–H and O–H groups in total. The first-order chi connectivity index (χ1) is 13.6. The fourth-order valence-corrected chi connectivity index (χ4v) is 3.64. The fraction of sp³-hybridized carbons (Fsp3) is 0.421. The van der Waals surface area contributed by atoms with Crippen molar-refractivity contribution in [3.8, 4) is 0 Å². The van der Waals surface area contributed by atoms with Gasteiger partial charge in [-0.25, -0.2) is 0 Å².